The second-order valence-electron chi connectivity index (χ2n) is 9.00. The lowest BCUT2D eigenvalue weighted by atomic mass is 9.82. The van der Waals surface area contributed by atoms with Crippen LogP contribution in [0.1, 0.15) is 59.5 Å². The number of nitrogens with one attached hydrogen (secondary N) is 1. The van der Waals surface area contributed by atoms with Crippen molar-refractivity contribution in [3.05, 3.63) is 59.3 Å². The summed E-state index contributed by atoms with van der Waals surface area (Å²) in [5.74, 6) is -0.192. The van der Waals surface area contributed by atoms with Crippen LogP contribution >= 0.6 is 0 Å². The van der Waals surface area contributed by atoms with Crippen LogP contribution in [0.2, 0.25) is 0 Å². The van der Waals surface area contributed by atoms with E-state index >= 15 is 0 Å². The number of carbonyl (C=O) groups is 1. The van der Waals surface area contributed by atoms with Gasteiger partial charge in [0, 0.05) is 48.9 Å². The minimum Gasteiger partial charge on any atom is -0.335 e. The van der Waals surface area contributed by atoms with E-state index in [1.54, 1.807) is 6.07 Å². The topological polar surface area (TPSA) is 84.3 Å². The van der Waals surface area contributed by atoms with Gasteiger partial charge in [0.1, 0.15) is 0 Å². The summed E-state index contributed by atoms with van der Waals surface area (Å²) in [6.07, 6.45) is 12.0. The van der Waals surface area contributed by atoms with E-state index < -0.39 is 16.1 Å². The highest BCUT2D eigenvalue weighted by molar-refractivity contribution is 7.87. The summed E-state index contributed by atoms with van der Waals surface area (Å²) in [5.41, 5.74) is 5.73. The third-order valence-electron chi connectivity index (χ3n) is 6.73. The fourth-order valence-corrected chi connectivity index (χ4v) is 5.60. The Kier molecular flexibility index (Phi) is 5.58. The number of rotatable bonds is 4. The zero-order valence-electron chi connectivity index (χ0n) is 18.9. The third-order valence-corrected chi connectivity index (χ3v) is 8.14. The number of carbonyl (C=O) groups excluding carboxylic acids is 1. The minimum atomic E-state index is -3.87. The summed E-state index contributed by atoms with van der Waals surface area (Å²) in [4.78, 5) is 17.6. The maximum absolute atomic E-state index is 12.8. The molecule has 1 aromatic carbocycles. The van der Waals surface area contributed by atoms with Crippen LogP contribution in [-0.2, 0) is 16.8 Å². The van der Waals surface area contributed by atoms with Gasteiger partial charge >= 0.3 is 10.2 Å². The van der Waals surface area contributed by atoms with E-state index in [2.05, 4.69) is 27.5 Å². The van der Waals surface area contributed by atoms with Crippen LogP contribution in [0.3, 0.4) is 0 Å². The van der Waals surface area contributed by atoms with E-state index in [1.807, 2.05) is 24.4 Å². The third kappa shape index (κ3) is 3.87. The van der Waals surface area contributed by atoms with Gasteiger partial charge < -0.3 is 4.57 Å². The molecule has 0 atom stereocenters. The smallest absolute Gasteiger partial charge is 0.303 e. The van der Waals surface area contributed by atoms with Crippen LogP contribution in [0.25, 0.3) is 28.4 Å². The van der Waals surface area contributed by atoms with Crippen molar-refractivity contribution in [2.75, 3.05) is 14.1 Å². The van der Waals surface area contributed by atoms with Crippen LogP contribution in [0.5, 0.6) is 0 Å². The molecule has 0 unspecified atom stereocenters. The molecule has 33 heavy (non-hydrogen) atoms. The minimum absolute atomic E-state index is 0.317. The second-order valence-corrected chi connectivity index (χ2v) is 10.9. The highest BCUT2D eigenvalue weighted by Gasteiger charge is 2.29. The largest absolute Gasteiger partial charge is 0.335 e. The maximum atomic E-state index is 12.8. The first-order valence-electron chi connectivity index (χ1n) is 11.4. The normalized spacial score (nSPS) is 16.5. The van der Waals surface area contributed by atoms with Crippen molar-refractivity contribution in [2.24, 2.45) is 0 Å². The van der Waals surface area contributed by atoms with Crippen molar-refractivity contribution < 1.29 is 13.2 Å². The van der Waals surface area contributed by atoms with E-state index in [-0.39, 0.29) is 0 Å². The number of hydrogen-bond acceptors (Lipinski definition) is 4. The Labute approximate surface area is 194 Å². The number of nitrogens with zero attached hydrogens (tertiary/aromatic N) is 3. The molecule has 1 fully saturated rings. The summed E-state index contributed by atoms with van der Waals surface area (Å²) in [7, 11) is -1.09. The zero-order valence-corrected chi connectivity index (χ0v) is 19.7. The molecular formula is C25H28N4O3S. The van der Waals surface area contributed by atoms with Crippen LogP contribution in [0.4, 0.5) is 0 Å². The molecule has 7 nitrogen and oxygen atoms in total. The van der Waals surface area contributed by atoms with Gasteiger partial charge in [-0.25, -0.2) is 4.72 Å². The lowest BCUT2D eigenvalue weighted by Crippen LogP contribution is -2.39. The predicted molar refractivity (Wildman–Crippen MR) is 130 cm³/mol. The molecule has 1 aliphatic carbocycles. The Morgan fingerprint density at radius 3 is 2.70 bits per heavy atom. The van der Waals surface area contributed by atoms with Gasteiger partial charge in [-0.1, -0.05) is 43.5 Å². The lowest BCUT2D eigenvalue weighted by molar-refractivity contribution is 0.0980. The van der Waals surface area contributed by atoms with Crippen molar-refractivity contribution in [3.8, 4) is 11.4 Å². The molecule has 1 aliphatic heterocycles. The Hall–Kier alpha value is -2.97. The first-order valence-corrected chi connectivity index (χ1v) is 12.8. The molecule has 5 rings (SSSR count). The number of amides is 1. The quantitative estimate of drug-likeness (QED) is 0.623. The molecule has 1 N–H and O–H groups in total. The number of pyridine rings is 1. The molecule has 1 saturated carbocycles. The van der Waals surface area contributed by atoms with Gasteiger partial charge in [-0.05, 0) is 42.5 Å². The lowest BCUT2D eigenvalue weighted by Gasteiger charge is -2.23. The van der Waals surface area contributed by atoms with Crippen molar-refractivity contribution in [1.29, 1.82) is 0 Å². The van der Waals surface area contributed by atoms with Gasteiger partial charge in [0.15, 0.2) is 0 Å². The number of benzene rings is 1. The summed E-state index contributed by atoms with van der Waals surface area (Å²) in [6, 6.07) is 9.55. The summed E-state index contributed by atoms with van der Waals surface area (Å²) < 4.78 is 29.7. The monoisotopic (exact) mass is 464 g/mol. The summed E-state index contributed by atoms with van der Waals surface area (Å²) in [5, 5.41) is 1.12. The molecule has 8 heteroatoms. The van der Waals surface area contributed by atoms with Crippen LogP contribution < -0.4 is 4.72 Å². The Bertz CT molecular complexity index is 1370. The highest BCUT2D eigenvalue weighted by atomic mass is 32.2. The number of hydrogen-bond donors (Lipinski definition) is 1. The first kappa shape index (κ1) is 21.9. The molecular weight excluding hydrogens is 436 g/mol. The average molecular weight is 465 g/mol. The standard InChI is InChI=1S/C25H28N4O3S/c1-28(2)33(31,32)27-25(30)19-12-13-20-21(16-19)29-15-7-11-18-10-6-14-26-23(18)24(29)22(20)17-8-4-3-5-9-17/h6-7,10-14,16-17H,3-5,8-9,15H2,1-2H3,(H,27,30). The van der Waals surface area contributed by atoms with E-state index in [4.69, 9.17) is 4.98 Å². The molecule has 0 saturated heterocycles. The highest BCUT2D eigenvalue weighted by Crippen LogP contribution is 2.45. The SMILES string of the molecule is CN(C)S(=O)(=O)NC(=O)c1ccc2c(C3CCCCC3)c3n(c2c1)CC=Cc1cccnc1-3. The molecule has 2 aromatic heterocycles. The summed E-state index contributed by atoms with van der Waals surface area (Å²) >= 11 is 0. The molecule has 3 heterocycles. The predicted octanol–water partition coefficient (Wildman–Crippen LogP) is 4.31. The van der Waals surface area contributed by atoms with Crippen molar-refractivity contribution in [3.63, 3.8) is 0 Å². The first-order chi connectivity index (χ1) is 15.9. The van der Waals surface area contributed by atoms with Gasteiger partial charge in [-0.15, -0.1) is 0 Å². The Morgan fingerprint density at radius 2 is 1.94 bits per heavy atom. The molecule has 172 valence electrons. The van der Waals surface area contributed by atoms with E-state index in [0.717, 1.165) is 45.0 Å². The van der Waals surface area contributed by atoms with E-state index in [0.29, 0.717) is 18.0 Å². The van der Waals surface area contributed by atoms with E-state index in [1.165, 1.54) is 38.9 Å². The van der Waals surface area contributed by atoms with Gasteiger partial charge in [-0.2, -0.15) is 12.7 Å². The van der Waals surface area contributed by atoms with Crippen LogP contribution in [-0.4, -0.2) is 42.3 Å². The molecule has 0 spiro atoms. The van der Waals surface area contributed by atoms with Crippen molar-refractivity contribution in [1.82, 2.24) is 18.6 Å². The number of allylic oxidation sites excluding steroid dienone is 1. The number of fused-ring (bicyclic) bond motifs is 5. The van der Waals surface area contributed by atoms with Crippen LogP contribution in [0.15, 0.2) is 42.6 Å². The molecule has 0 radical (unpaired) electrons. The van der Waals surface area contributed by atoms with Gasteiger partial charge in [0.25, 0.3) is 5.91 Å². The van der Waals surface area contributed by atoms with Crippen molar-refractivity contribution >= 4 is 33.1 Å². The molecule has 0 bridgehead atoms. The van der Waals surface area contributed by atoms with Crippen molar-refractivity contribution in [2.45, 2.75) is 44.6 Å². The van der Waals surface area contributed by atoms with Gasteiger partial charge in [-0.3, -0.25) is 9.78 Å². The van der Waals surface area contributed by atoms with Gasteiger partial charge in [0.2, 0.25) is 0 Å². The second kappa shape index (κ2) is 8.43. The fraction of sp³-hybridized carbons (Fsp3) is 0.360. The maximum Gasteiger partial charge on any atom is 0.303 e. The van der Waals surface area contributed by atoms with Gasteiger partial charge in [0.05, 0.1) is 11.4 Å². The Morgan fingerprint density at radius 1 is 1.15 bits per heavy atom. The molecule has 2 aliphatic rings. The molecule has 1 amide bonds. The molecule has 3 aromatic rings. The van der Waals surface area contributed by atoms with Crippen LogP contribution in [0, 0.1) is 0 Å². The summed E-state index contributed by atoms with van der Waals surface area (Å²) in [6.45, 7) is 0.663. The Balaban J connectivity index is 1.70. The zero-order chi connectivity index (χ0) is 23.2. The number of aromatic nitrogens is 2. The average Bonchev–Trinajstić information content (AvgIpc) is 3.00. The fourth-order valence-electron chi connectivity index (χ4n) is 5.07. The van der Waals surface area contributed by atoms with E-state index in [9.17, 15) is 13.2 Å².